The Morgan fingerprint density at radius 1 is 0.895 bits per heavy atom. The molecule has 2 rings (SSSR count). The molecule has 2 aromatic rings. The van der Waals surface area contributed by atoms with Gasteiger partial charge in [0.1, 0.15) is 5.75 Å². The van der Waals surface area contributed by atoms with Crippen LogP contribution in [-0.2, 0) is 0 Å². The molecule has 0 saturated heterocycles. The number of allylic oxidation sites excluding steroid dienone is 2. The summed E-state index contributed by atoms with van der Waals surface area (Å²) >= 11 is 0. The Balaban J connectivity index is 2.07. The Morgan fingerprint density at radius 2 is 1.58 bits per heavy atom. The molecule has 1 heteroatoms. The predicted molar refractivity (Wildman–Crippen MR) is 82.1 cm³/mol. The molecule has 0 aliphatic carbocycles. The van der Waals surface area contributed by atoms with E-state index in [-0.39, 0.29) is 0 Å². The lowest BCUT2D eigenvalue weighted by atomic mass is 10.1. The fourth-order valence-corrected chi connectivity index (χ4v) is 1.80. The van der Waals surface area contributed by atoms with Crippen LogP contribution in [0.15, 0.2) is 66.2 Å². The third-order valence-electron chi connectivity index (χ3n) is 2.85. The van der Waals surface area contributed by atoms with Crippen molar-refractivity contribution in [2.45, 2.75) is 6.92 Å². The van der Waals surface area contributed by atoms with E-state index in [4.69, 9.17) is 4.74 Å². The highest BCUT2D eigenvalue weighted by atomic mass is 16.5. The number of benzene rings is 2. The highest BCUT2D eigenvalue weighted by Gasteiger charge is 1.91. The standard InChI is InChI=1S/C18H18O/c1-15(14-17-6-4-3-5-7-17)8-9-16-10-12-18(19-2)13-11-16/h3-14H,1-2H3/b9-8+,15-14+. The maximum Gasteiger partial charge on any atom is 0.118 e. The van der Waals surface area contributed by atoms with Crippen LogP contribution in [-0.4, -0.2) is 7.11 Å². The Bertz CT molecular complexity index is 562. The molecule has 0 saturated carbocycles. The summed E-state index contributed by atoms with van der Waals surface area (Å²) in [7, 11) is 1.68. The zero-order chi connectivity index (χ0) is 13.5. The molecular weight excluding hydrogens is 232 g/mol. The molecule has 0 heterocycles. The van der Waals surface area contributed by atoms with Gasteiger partial charge in [0.05, 0.1) is 7.11 Å². The topological polar surface area (TPSA) is 9.23 Å². The van der Waals surface area contributed by atoms with Gasteiger partial charge >= 0.3 is 0 Å². The normalized spacial score (nSPS) is 11.8. The fraction of sp³-hybridized carbons (Fsp3) is 0.111. The first-order chi connectivity index (χ1) is 9.28. The van der Waals surface area contributed by atoms with E-state index in [1.54, 1.807) is 7.11 Å². The van der Waals surface area contributed by atoms with Gasteiger partial charge in [0, 0.05) is 0 Å². The average Bonchev–Trinajstić information content (AvgIpc) is 2.47. The van der Waals surface area contributed by atoms with Gasteiger partial charge in [-0.25, -0.2) is 0 Å². The summed E-state index contributed by atoms with van der Waals surface area (Å²) in [5.41, 5.74) is 3.61. The van der Waals surface area contributed by atoms with Crippen LogP contribution in [0.5, 0.6) is 5.75 Å². The van der Waals surface area contributed by atoms with Crippen molar-refractivity contribution in [1.82, 2.24) is 0 Å². The van der Waals surface area contributed by atoms with Crippen molar-refractivity contribution in [2.75, 3.05) is 7.11 Å². The van der Waals surface area contributed by atoms with Crippen molar-refractivity contribution in [1.29, 1.82) is 0 Å². The second-order valence-electron chi connectivity index (χ2n) is 4.41. The van der Waals surface area contributed by atoms with E-state index in [9.17, 15) is 0 Å². The number of rotatable bonds is 4. The van der Waals surface area contributed by atoms with E-state index in [2.05, 4.69) is 37.3 Å². The number of methoxy groups -OCH3 is 1. The molecule has 0 fully saturated rings. The predicted octanol–water partition coefficient (Wildman–Crippen LogP) is 4.81. The molecule has 0 radical (unpaired) electrons. The molecule has 0 aliphatic heterocycles. The SMILES string of the molecule is COc1ccc(/C=C/C(C)=C/c2ccccc2)cc1. The summed E-state index contributed by atoms with van der Waals surface area (Å²) < 4.78 is 5.14. The van der Waals surface area contributed by atoms with Crippen LogP contribution in [0.4, 0.5) is 0 Å². The third kappa shape index (κ3) is 4.14. The minimum absolute atomic E-state index is 0.883. The maximum atomic E-state index is 5.14. The van der Waals surface area contributed by atoms with Gasteiger partial charge in [0.25, 0.3) is 0 Å². The van der Waals surface area contributed by atoms with Crippen molar-refractivity contribution in [2.24, 2.45) is 0 Å². The summed E-state index contributed by atoms with van der Waals surface area (Å²) in [4.78, 5) is 0. The van der Waals surface area contributed by atoms with Gasteiger partial charge in [-0.05, 0) is 30.2 Å². The lowest BCUT2D eigenvalue weighted by Gasteiger charge is -1.99. The molecule has 1 nitrogen and oxygen atoms in total. The van der Waals surface area contributed by atoms with Crippen molar-refractivity contribution >= 4 is 12.2 Å². The van der Waals surface area contributed by atoms with Gasteiger partial charge < -0.3 is 4.74 Å². The monoisotopic (exact) mass is 250 g/mol. The summed E-state index contributed by atoms with van der Waals surface area (Å²) in [6.07, 6.45) is 6.39. The zero-order valence-corrected chi connectivity index (χ0v) is 11.3. The molecular formula is C18H18O. The number of hydrogen-bond donors (Lipinski definition) is 0. The van der Waals surface area contributed by atoms with Crippen LogP contribution in [0, 0.1) is 0 Å². The fourth-order valence-electron chi connectivity index (χ4n) is 1.80. The Kier molecular flexibility index (Phi) is 4.57. The lowest BCUT2D eigenvalue weighted by Crippen LogP contribution is -1.81. The molecule has 0 aliphatic rings. The van der Waals surface area contributed by atoms with Crippen molar-refractivity contribution in [3.8, 4) is 5.75 Å². The molecule has 96 valence electrons. The molecule has 0 bridgehead atoms. The minimum atomic E-state index is 0.883. The molecule has 0 aromatic heterocycles. The molecule has 0 spiro atoms. The molecule has 0 unspecified atom stereocenters. The van der Waals surface area contributed by atoms with E-state index in [1.807, 2.05) is 42.5 Å². The van der Waals surface area contributed by atoms with E-state index < -0.39 is 0 Å². The van der Waals surface area contributed by atoms with Crippen LogP contribution >= 0.6 is 0 Å². The maximum absolute atomic E-state index is 5.14. The van der Waals surface area contributed by atoms with Gasteiger partial charge in [-0.15, -0.1) is 0 Å². The van der Waals surface area contributed by atoms with Crippen LogP contribution in [0.2, 0.25) is 0 Å². The largest absolute Gasteiger partial charge is 0.497 e. The van der Waals surface area contributed by atoms with Gasteiger partial charge in [0.15, 0.2) is 0 Å². The van der Waals surface area contributed by atoms with Gasteiger partial charge in [-0.3, -0.25) is 0 Å². The smallest absolute Gasteiger partial charge is 0.118 e. The quantitative estimate of drug-likeness (QED) is 0.707. The van der Waals surface area contributed by atoms with Crippen LogP contribution in [0.1, 0.15) is 18.1 Å². The Morgan fingerprint density at radius 3 is 2.21 bits per heavy atom. The first-order valence-electron chi connectivity index (χ1n) is 6.33. The highest BCUT2D eigenvalue weighted by molar-refractivity contribution is 5.61. The van der Waals surface area contributed by atoms with E-state index >= 15 is 0 Å². The first kappa shape index (κ1) is 13.2. The zero-order valence-electron chi connectivity index (χ0n) is 11.3. The highest BCUT2D eigenvalue weighted by Crippen LogP contribution is 2.14. The first-order valence-corrected chi connectivity index (χ1v) is 6.33. The molecule has 0 atom stereocenters. The van der Waals surface area contributed by atoms with Crippen molar-refractivity contribution in [3.63, 3.8) is 0 Å². The molecule has 0 N–H and O–H groups in total. The summed E-state index contributed by atoms with van der Waals surface area (Å²) in [5.74, 6) is 0.883. The second kappa shape index (κ2) is 6.60. The lowest BCUT2D eigenvalue weighted by molar-refractivity contribution is 0.415. The summed E-state index contributed by atoms with van der Waals surface area (Å²) in [6, 6.07) is 18.4. The van der Waals surface area contributed by atoms with Crippen molar-refractivity contribution in [3.05, 3.63) is 77.4 Å². The van der Waals surface area contributed by atoms with Crippen LogP contribution < -0.4 is 4.74 Å². The summed E-state index contributed by atoms with van der Waals surface area (Å²) in [6.45, 7) is 2.10. The van der Waals surface area contributed by atoms with Gasteiger partial charge in [0.2, 0.25) is 0 Å². The molecule has 0 amide bonds. The van der Waals surface area contributed by atoms with E-state index in [1.165, 1.54) is 16.7 Å². The van der Waals surface area contributed by atoms with E-state index in [0.717, 1.165) is 5.75 Å². The second-order valence-corrected chi connectivity index (χ2v) is 4.41. The van der Waals surface area contributed by atoms with E-state index in [0.29, 0.717) is 0 Å². The average molecular weight is 250 g/mol. The Hall–Kier alpha value is -2.28. The van der Waals surface area contributed by atoms with Crippen molar-refractivity contribution < 1.29 is 4.74 Å². The van der Waals surface area contributed by atoms with Crippen LogP contribution in [0.25, 0.3) is 12.2 Å². The minimum Gasteiger partial charge on any atom is -0.497 e. The summed E-state index contributed by atoms with van der Waals surface area (Å²) in [5, 5.41) is 0. The number of ether oxygens (including phenoxy) is 1. The third-order valence-corrected chi connectivity index (χ3v) is 2.85. The van der Waals surface area contributed by atoms with Crippen LogP contribution in [0.3, 0.4) is 0 Å². The van der Waals surface area contributed by atoms with Gasteiger partial charge in [-0.1, -0.05) is 66.3 Å². The molecule has 19 heavy (non-hydrogen) atoms. The molecule has 2 aromatic carbocycles. The Labute approximate surface area is 114 Å². The van der Waals surface area contributed by atoms with Gasteiger partial charge in [-0.2, -0.15) is 0 Å². The number of hydrogen-bond acceptors (Lipinski definition) is 1.